The molecule has 0 aliphatic rings. The lowest BCUT2D eigenvalue weighted by Gasteiger charge is -2.12. The quantitative estimate of drug-likeness (QED) is 0.916. The second-order valence-electron chi connectivity index (χ2n) is 3.29. The van der Waals surface area contributed by atoms with Crippen LogP contribution in [0.4, 0.5) is 0 Å². The molecule has 1 atom stereocenters. The first-order chi connectivity index (χ1) is 7.06. The zero-order chi connectivity index (χ0) is 11.4. The van der Waals surface area contributed by atoms with Gasteiger partial charge < -0.3 is 9.84 Å². The molecule has 0 aliphatic heterocycles. The lowest BCUT2D eigenvalue weighted by Crippen LogP contribution is -2.25. The Balaban J connectivity index is 2.88. The van der Waals surface area contributed by atoms with Crippen molar-refractivity contribution in [2.45, 2.75) is 19.4 Å². The van der Waals surface area contributed by atoms with Crippen molar-refractivity contribution in [3.8, 4) is 0 Å². The predicted octanol–water partition coefficient (Wildman–Crippen LogP) is 2.40. The molecule has 0 fully saturated rings. The van der Waals surface area contributed by atoms with E-state index >= 15 is 0 Å². The fourth-order valence-corrected chi connectivity index (χ4v) is 1.75. The molecule has 0 aliphatic carbocycles. The summed E-state index contributed by atoms with van der Waals surface area (Å²) < 4.78 is 5.88. The summed E-state index contributed by atoms with van der Waals surface area (Å²) in [6.07, 6.45) is -0.394. The summed E-state index contributed by atoms with van der Waals surface area (Å²) in [6, 6.07) is 5.73. The van der Waals surface area contributed by atoms with Gasteiger partial charge >= 0.3 is 5.97 Å². The average molecular weight is 273 g/mol. The molecule has 0 saturated carbocycles. The third-order valence-corrected chi connectivity index (χ3v) is 3.20. The highest BCUT2D eigenvalue weighted by atomic mass is 79.9. The molecule has 82 valence electrons. The molecule has 0 bridgehead atoms. The van der Waals surface area contributed by atoms with Crippen LogP contribution < -0.4 is 0 Å². The van der Waals surface area contributed by atoms with Gasteiger partial charge in [-0.1, -0.05) is 28.1 Å². The molecule has 1 rings (SSSR count). The summed E-state index contributed by atoms with van der Waals surface area (Å²) in [5.41, 5.74) is 2.04. The number of halogens is 1. The fourth-order valence-electron chi connectivity index (χ4n) is 1.34. The van der Waals surface area contributed by atoms with Crippen LogP contribution in [0.2, 0.25) is 0 Å². The number of hydrogen-bond acceptors (Lipinski definition) is 2. The van der Waals surface area contributed by atoms with Gasteiger partial charge in [0.15, 0.2) is 6.10 Å². The van der Waals surface area contributed by atoms with Gasteiger partial charge in [-0.15, -0.1) is 0 Å². The Hall–Kier alpha value is -0.870. The standard InChI is InChI=1S/C11H13BrO3/c1-7-8(4-3-5-9(7)12)6-10(15-2)11(13)14/h3-5,10H,6H2,1-2H3,(H,13,14). The van der Waals surface area contributed by atoms with E-state index in [-0.39, 0.29) is 0 Å². The van der Waals surface area contributed by atoms with Crippen molar-refractivity contribution in [3.05, 3.63) is 33.8 Å². The average Bonchev–Trinajstić information content (AvgIpc) is 2.19. The minimum atomic E-state index is -0.933. The van der Waals surface area contributed by atoms with Gasteiger partial charge in [0.25, 0.3) is 0 Å². The van der Waals surface area contributed by atoms with Crippen molar-refractivity contribution in [2.75, 3.05) is 7.11 Å². The van der Waals surface area contributed by atoms with E-state index in [0.717, 1.165) is 15.6 Å². The number of ether oxygens (including phenoxy) is 1. The first-order valence-corrected chi connectivity index (χ1v) is 5.35. The molecule has 0 saturated heterocycles. The van der Waals surface area contributed by atoms with Crippen LogP contribution in [0, 0.1) is 6.92 Å². The predicted molar refractivity (Wildman–Crippen MR) is 61.0 cm³/mol. The number of aliphatic carboxylic acids is 1. The molecule has 1 unspecified atom stereocenters. The number of benzene rings is 1. The molecule has 1 N–H and O–H groups in total. The van der Waals surface area contributed by atoms with Gasteiger partial charge in [-0.2, -0.15) is 0 Å². The van der Waals surface area contributed by atoms with Crippen LogP contribution in [0.5, 0.6) is 0 Å². The Bertz CT molecular complexity index is 363. The maximum Gasteiger partial charge on any atom is 0.333 e. The highest BCUT2D eigenvalue weighted by molar-refractivity contribution is 9.10. The molecule has 4 heteroatoms. The number of carbonyl (C=O) groups is 1. The molecular formula is C11H13BrO3. The number of carboxylic acids is 1. The normalized spacial score (nSPS) is 12.5. The molecular weight excluding hydrogens is 260 g/mol. The van der Waals surface area contributed by atoms with Crippen LogP contribution in [0.15, 0.2) is 22.7 Å². The number of methoxy groups -OCH3 is 1. The van der Waals surface area contributed by atoms with Crippen LogP contribution in [-0.4, -0.2) is 24.3 Å². The summed E-state index contributed by atoms with van der Waals surface area (Å²) in [4.78, 5) is 10.8. The zero-order valence-corrected chi connectivity index (χ0v) is 10.2. The van der Waals surface area contributed by atoms with E-state index in [0.29, 0.717) is 6.42 Å². The van der Waals surface area contributed by atoms with Gasteiger partial charge in [-0.25, -0.2) is 4.79 Å². The Morgan fingerprint density at radius 2 is 2.27 bits per heavy atom. The van der Waals surface area contributed by atoms with E-state index in [2.05, 4.69) is 15.9 Å². The van der Waals surface area contributed by atoms with Crippen LogP contribution >= 0.6 is 15.9 Å². The van der Waals surface area contributed by atoms with Crippen LogP contribution in [0.3, 0.4) is 0 Å². The van der Waals surface area contributed by atoms with E-state index in [1.165, 1.54) is 7.11 Å². The van der Waals surface area contributed by atoms with E-state index in [4.69, 9.17) is 9.84 Å². The molecule has 1 aromatic carbocycles. The fraction of sp³-hybridized carbons (Fsp3) is 0.364. The van der Waals surface area contributed by atoms with Gasteiger partial charge in [0.05, 0.1) is 0 Å². The van der Waals surface area contributed by atoms with Crippen molar-refractivity contribution in [2.24, 2.45) is 0 Å². The molecule has 0 heterocycles. The van der Waals surface area contributed by atoms with Crippen molar-refractivity contribution >= 4 is 21.9 Å². The number of rotatable bonds is 4. The highest BCUT2D eigenvalue weighted by Crippen LogP contribution is 2.20. The lowest BCUT2D eigenvalue weighted by molar-refractivity contribution is -0.148. The summed E-state index contributed by atoms with van der Waals surface area (Å²) in [6.45, 7) is 1.95. The monoisotopic (exact) mass is 272 g/mol. The van der Waals surface area contributed by atoms with E-state index in [1.807, 2.05) is 25.1 Å². The van der Waals surface area contributed by atoms with E-state index in [9.17, 15) is 4.79 Å². The summed E-state index contributed by atoms with van der Waals surface area (Å²) in [7, 11) is 1.41. The van der Waals surface area contributed by atoms with Gasteiger partial charge in [0.1, 0.15) is 0 Å². The maximum absolute atomic E-state index is 10.8. The van der Waals surface area contributed by atoms with Crippen molar-refractivity contribution in [1.82, 2.24) is 0 Å². The molecule has 0 radical (unpaired) electrons. The molecule has 0 spiro atoms. The van der Waals surface area contributed by atoms with Gasteiger partial charge in [-0.05, 0) is 24.1 Å². The van der Waals surface area contributed by atoms with Gasteiger partial charge in [-0.3, -0.25) is 0 Å². The molecule has 0 aromatic heterocycles. The van der Waals surface area contributed by atoms with Crippen molar-refractivity contribution < 1.29 is 14.6 Å². The summed E-state index contributed by atoms with van der Waals surface area (Å²) in [5.74, 6) is -0.933. The second-order valence-corrected chi connectivity index (χ2v) is 4.15. The third kappa shape index (κ3) is 3.04. The summed E-state index contributed by atoms with van der Waals surface area (Å²) in [5, 5.41) is 8.86. The third-order valence-electron chi connectivity index (χ3n) is 2.35. The van der Waals surface area contributed by atoms with E-state index in [1.54, 1.807) is 0 Å². The number of carboxylic acid groups (broad SMARTS) is 1. The minimum absolute atomic E-state index is 0.386. The lowest BCUT2D eigenvalue weighted by atomic mass is 10.0. The van der Waals surface area contributed by atoms with Gasteiger partial charge in [0, 0.05) is 18.0 Å². The van der Waals surface area contributed by atoms with Crippen LogP contribution in [0.25, 0.3) is 0 Å². The Kier molecular flexibility index (Phi) is 4.29. The highest BCUT2D eigenvalue weighted by Gasteiger charge is 2.18. The van der Waals surface area contributed by atoms with Crippen LogP contribution in [0.1, 0.15) is 11.1 Å². The first kappa shape index (κ1) is 12.2. The molecule has 1 aromatic rings. The minimum Gasteiger partial charge on any atom is -0.479 e. The van der Waals surface area contributed by atoms with Crippen LogP contribution in [-0.2, 0) is 16.0 Å². The van der Waals surface area contributed by atoms with Crippen molar-refractivity contribution in [3.63, 3.8) is 0 Å². The van der Waals surface area contributed by atoms with Crippen molar-refractivity contribution in [1.29, 1.82) is 0 Å². The Morgan fingerprint density at radius 3 is 2.80 bits per heavy atom. The second kappa shape index (κ2) is 5.28. The smallest absolute Gasteiger partial charge is 0.333 e. The van der Waals surface area contributed by atoms with E-state index < -0.39 is 12.1 Å². The topological polar surface area (TPSA) is 46.5 Å². The number of hydrogen-bond donors (Lipinski definition) is 1. The van der Waals surface area contributed by atoms with Gasteiger partial charge in [0.2, 0.25) is 0 Å². The Morgan fingerprint density at radius 1 is 1.60 bits per heavy atom. The summed E-state index contributed by atoms with van der Waals surface area (Å²) >= 11 is 3.41. The molecule has 3 nitrogen and oxygen atoms in total. The zero-order valence-electron chi connectivity index (χ0n) is 8.66. The maximum atomic E-state index is 10.8. The molecule has 15 heavy (non-hydrogen) atoms. The Labute approximate surface area is 97.2 Å². The first-order valence-electron chi connectivity index (χ1n) is 4.56. The largest absolute Gasteiger partial charge is 0.479 e. The molecule has 0 amide bonds. The SMILES string of the molecule is COC(Cc1cccc(Br)c1C)C(=O)O.